The minimum absolute atomic E-state index is 0.333. The van der Waals surface area contributed by atoms with Crippen LogP contribution < -0.4 is 5.63 Å². The van der Waals surface area contributed by atoms with Crippen LogP contribution in [-0.2, 0) is 5.75 Å². The molecule has 0 aliphatic carbocycles. The summed E-state index contributed by atoms with van der Waals surface area (Å²) in [4.78, 5) is 11.9. The van der Waals surface area contributed by atoms with Crippen LogP contribution in [0.15, 0.2) is 69.2 Å². The molecule has 0 saturated heterocycles. The number of para-hydroxylation sites is 1. The first-order valence-corrected chi connectivity index (χ1v) is 9.22. The summed E-state index contributed by atoms with van der Waals surface area (Å²) in [6.07, 6.45) is 1.70. The lowest BCUT2D eigenvalue weighted by Crippen LogP contribution is -2.01. The third-order valence-corrected chi connectivity index (χ3v) is 5.34. The summed E-state index contributed by atoms with van der Waals surface area (Å²) in [6, 6.07) is 15.5. The van der Waals surface area contributed by atoms with Gasteiger partial charge in [-0.25, -0.2) is 4.79 Å². The van der Waals surface area contributed by atoms with Gasteiger partial charge in [0.2, 0.25) is 0 Å². The molecule has 0 N–H and O–H groups in total. The predicted molar refractivity (Wildman–Crippen MR) is 103 cm³/mol. The molecule has 0 amide bonds. The molecule has 4 aromatic rings. The fourth-order valence-corrected chi connectivity index (χ4v) is 3.75. The van der Waals surface area contributed by atoms with Gasteiger partial charge in [-0.1, -0.05) is 30.0 Å². The molecule has 0 spiro atoms. The summed E-state index contributed by atoms with van der Waals surface area (Å²) in [5.41, 5.74) is 4.51. The zero-order chi connectivity index (χ0) is 18.1. The molecule has 0 fully saturated rings. The lowest BCUT2D eigenvalue weighted by molar-refractivity contribution is 0.559. The molecular formula is C20H17N3O2S. The van der Waals surface area contributed by atoms with Crippen LogP contribution in [0.3, 0.4) is 0 Å². The molecular weight excluding hydrogens is 346 g/mol. The van der Waals surface area contributed by atoms with Crippen LogP contribution in [0.1, 0.15) is 16.7 Å². The quantitative estimate of drug-likeness (QED) is 0.400. The van der Waals surface area contributed by atoms with E-state index in [0.717, 1.165) is 27.4 Å². The Morgan fingerprint density at radius 3 is 2.65 bits per heavy atom. The third kappa shape index (κ3) is 3.15. The normalized spacial score (nSPS) is 11.2. The predicted octanol–water partition coefficient (Wildman–Crippen LogP) is 4.28. The lowest BCUT2D eigenvalue weighted by Gasteiger charge is -2.09. The number of hydrogen-bond donors (Lipinski definition) is 0. The summed E-state index contributed by atoms with van der Waals surface area (Å²) in [7, 11) is 0. The van der Waals surface area contributed by atoms with Crippen molar-refractivity contribution in [3.63, 3.8) is 0 Å². The average molecular weight is 363 g/mol. The molecule has 6 heteroatoms. The highest BCUT2D eigenvalue weighted by Gasteiger charge is 2.11. The van der Waals surface area contributed by atoms with E-state index in [4.69, 9.17) is 4.42 Å². The van der Waals surface area contributed by atoms with Gasteiger partial charge in [0, 0.05) is 22.9 Å². The van der Waals surface area contributed by atoms with Crippen molar-refractivity contribution in [1.82, 2.24) is 14.8 Å². The van der Waals surface area contributed by atoms with E-state index in [1.807, 2.05) is 47.9 Å². The number of nitrogens with zero attached hydrogens (tertiary/aromatic N) is 3. The first-order chi connectivity index (χ1) is 12.6. The molecule has 0 unspecified atom stereocenters. The van der Waals surface area contributed by atoms with Gasteiger partial charge in [-0.2, -0.15) is 0 Å². The molecule has 4 rings (SSSR count). The van der Waals surface area contributed by atoms with E-state index in [0.29, 0.717) is 11.3 Å². The Kier molecular flexibility index (Phi) is 4.34. The van der Waals surface area contributed by atoms with Crippen LogP contribution in [0.4, 0.5) is 0 Å². The van der Waals surface area contributed by atoms with E-state index >= 15 is 0 Å². The molecule has 0 bridgehead atoms. The van der Waals surface area contributed by atoms with Crippen molar-refractivity contribution in [3.05, 3.63) is 82.0 Å². The van der Waals surface area contributed by atoms with Crippen LogP contribution >= 0.6 is 11.8 Å². The number of aromatic nitrogens is 3. The number of rotatable bonds is 4. The third-order valence-electron chi connectivity index (χ3n) is 4.35. The smallest absolute Gasteiger partial charge is 0.336 e. The monoisotopic (exact) mass is 363 g/mol. The Labute approximate surface area is 154 Å². The standard InChI is InChI=1S/C20H17N3O2S/c1-13-8-17-15(10-19(24)25-18(17)9-14(13)2)11-26-20-22-21-12-23(20)16-6-4-3-5-7-16/h3-10,12H,11H2,1-2H3. The largest absolute Gasteiger partial charge is 0.423 e. The zero-order valence-electron chi connectivity index (χ0n) is 14.5. The van der Waals surface area contributed by atoms with Gasteiger partial charge in [0.15, 0.2) is 5.16 Å². The summed E-state index contributed by atoms with van der Waals surface area (Å²) in [5.74, 6) is 0.607. The number of thioether (sulfide) groups is 1. The van der Waals surface area contributed by atoms with Gasteiger partial charge in [0.25, 0.3) is 0 Å². The summed E-state index contributed by atoms with van der Waals surface area (Å²) < 4.78 is 7.31. The molecule has 0 aliphatic rings. The fourth-order valence-electron chi connectivity index (χ4n) is 2.83. The molecule has 0 saturated carbocycles. The number of benzene rings is 2. The Balaban J connectivity index is 1.69. The maximum absolute atomic E-state index is 11.9. The molecule has 2 aromatic heterocycles. The summed E-state index contributed by atoms with van der Waals surface area (Å²) >= 11 is 1.54. The first kappa shape index (κ1) is 16.6. The molecule has 5 nitrogen and oxygen atoms in total. The minimum atomic E-state index is -0.333. The van der Waals surface area contributed by atoms with Crippen LogP contribution in [0.5, 0.6) is 0 Å². The van der Waals surface area contributed by atoms with Crippen LogP contribution in [0.25, 0.3) is 16.7 Å². The van der Waals surface area contributed by atoms with Crippen molar-refractivity contribution >= 4 is 22.7 Å². The van der Waals surface area contributed by atoms with Crippen LogP contribution in [-0.4, -0.2) is 14.8 Å². The number of hydrogen-bond acceptors (Lipinski definition) is 5. The van der Waals surface area contributed by atoms with Gasteiger partial charge in [-0.05, 0) is 54.8 Å². The van der Waals surface area contributed by atoms with E-state index < -0.39 is 0 Å². The van der Waals surface area contributed by atoms with Crippen molar-refractivity contribution in [2.75, 3.05) is 0 Å². The first-order valence-electron chi connectivity index (χ1n) is 8.24. The van der Waals surface area contributed by atoms with Crippen LogP contribution in [0, 0.1) is 13.8 Å². The Morgan fingerprint density at radius 2 is 1.85 bits per heavy atom. The maximum atomic E-state index is 11.9. The second-order valence-corrected chi connectivity index (χ2v) is 7.07. The van der Waals surface area contributed by atoms with E-state index in [2.05, 4.69) is 23.2 Å². The second-order valence-electron chi connectivity index (χ2n) is 6.13. The van der Waals surface area contributed by atoms with Gasteiger partial charge in [-0.15, -0.1) is 10.2 Å². The van der Waals surface area contributed by atoms with Crippen LogP contribution in [0.2, 0.25) is 0 Å². The van der Waals surface area contributed by atoms with E-state index in [1.54, 1.807) is 24.2 Å². The molecule has 0 aliphatic heterocycles. The molecule has 26 heavy (non-hydrogen) atoms. The van der Waals surface area contributed by atoms with E-state index in [1.165, 1.54) is 5.56 Å². The summed E-state index contributed by atoms with van der Waals surface area (Å²) in [6.45, 7) is 4.07. The second kappa shape index (κ2) is 6.80. The zero-order valence-corrected chi connectivity index (χ0v) is 15.3. The number of fused-ring (bicyclic) bond motifs is 1. The Bertz CT molecular complexity index is 1130. The highest BCUT2D eigenvalue weighted by Crippen LogP contribution is 2.28. The van der Waals surface area contributed by atoms with Gasteiger partial charge in [0.05, 0.1) is 0 Å². The molecule has 2 aromatic carbocycles. The van der Waals surface area contributed by atoms with E-state index in [9.17, 15) is 4.79 Å². The van der Waals surface area contributed by atoms with Crippen molar-refractivity contribution in [2.24, 2.45) is 0 Å². The van der Waals surface area contributed by atoms with Gasteiger partial charge < -0.3 is 4.42 Å². The van der Waals surface area contributed by atoms with Crippen molar-refractivity contribution in [1.29, 1.82) is 0 Å². The molecule has 130 valence electrons. The lowest BCUT2D eigenvalue weighted by atomic mass is 10.0. The SMILES string of the molecule is Cc1cc2oc(=O)cc(CSc3nncn3-c3ccccc3)c2cc1C. The topological polar surface area (TPSA) is 60.9 Å². The maximum Gasteiger partial charge on any atom is 0.336 e. The van der Waals surface area contributed by atoms with Gasteiger partial charge in [-0.3, -0.25) is 4.57 Å². The summed E-state index contributed by atoms with van der Waals surface area (Å²) in [5, 5.41) is 9.99. The van der Waals surface area contributed by atoms with Crippen molar-refractivity contribution in [2.45, 2.75) is 24.8 Å². The highest BCUT2D eigenvalue weighted by atomic mass is 32.2. The minimum Gasteiger partial charge on any atom is -0.423 e. The number of aryl methyl sites for hydroxylation is 2. The molecule has 2 heterocycles. The molecule has 0 radical (unpaired) electrons. The van der Waals surface area contributed by atoms with Crippen molar-refractivity contribution in [3.8, 4) is 5.69 Å². The Hall–Kier alpha value is -2.86. The van der Waals surface area contributed by atoms with E-state index in [-0.39, 0.29) is 5.63 Å². The Morgan fingerprint density at radius 1 is 1.08 bits per heavy atom. The average Bonchev–Trinajstić information content (AvgIpc) is 3.10. The van der Waals surface area contributed by atoms with Crippen molar-refractivity contribution < 1.29 is 4.42 Å². The molecule has 0 atom stereocenters. The van der Waals surface area contributed by atoms with Gasteiger partial charge in [0.1, 0.15) is 11.9 Å². The fraction of sp³-hybridized carbons (Fsp3) is 0.150. The van der Waals surface area contributed by atoms with Gasteiger partial charge >= 0.3 is 5.63 Å². The highest BCUT2D eigenvalue weighted by molar-refractivity contribution is 7.98.